The average molecular weight is 284 g/mol. The Hall–Kier alpha value is -1.87. The highest BCUT2D eigenvalue weighted by Gasteiger charge is 2.08. The fourth-order valence-electron chi connectivity index (χ4n) is 2.08. The van der Waals surface area contributed by atoms with Crippen LogP contribution in [-0.4, -0.2) is 11.0 Å². The Kier molecular flexibility index (Phi) is 4.97. The molecule has 0 spiro atoms. The first-order chi connectivity index (χ1) is 9.97. The standard InChI is InChI=1S/C18H24N2O/c1-12(2)19-10-16-9-14(4)18(20-11-16)21-17-8-6-7-13(3)15(17)5/h6-9,11-12,19H,10H2,1-5H3. The minimum atomic E-state index is 0.469. The third-order valence-electron chi connectivity index (χ3n) is 3.56. The van der Waals surface area contributed by atoms with Gasteiger partial charge in [0.25, 0.3) is 0 Å². The minimum absolute atomic E-state index is 0.469. The molecule has 0 atom stereocenters. The van der Waals surface area contributed by atoms with Crippen LogP contribution in [0.1, 0.15) is 36.1 Å². The summed E-state index contributed by atoms with van der Waals surface area (Å²) in [5.41, 5.74) is 4.61. The first-order valence-electron chi connectivity index (χ1n) is 7.40. The van der Waals surface area contributed by atoms with Crippen molar-refractivity contribution in [1.82, 2.24) is 10.3 Å². The van der Waals surface area contributed by atoms with Crippen LogP contribution in [0.15, 0.2) is 30.5 Å². The Bertz CT molecular complexity index is 621. The average Bonchev–Trinajstić information content (AvgIpc) is 2.44. The molecule has 112 valence electrons. The lowest BCUT2D eigenvalue weighted by Crippen LogP contribution is -2.21. The van der Waals surface area contributed by atoms with Crippen molar-refractivity contribution in [3.8, 4) is 11.6 Å². The first-order valence-corrected chi connectivity index (χ1v) is 7.40. The van der Waals surface area contributed by atoms with E-state index < -0.39 is 0 Å². The molecular weight excluding hydrogens is 260 g/mol. The normalized spacial score (nSPS) is 11.0. The number of ether oxygens (including phenoxy) is 1. The number of hydrogen-bond donors (Lipinski definition) is 1. The molecule has 1 N–H and O–H groups in total. The summed E-state index contributed by atoms with van der Waals surface area (Å²) in [6.45, 7) is 11.3. The van der Waals surface area contributed by atoms with Crippen LogP contribution >= 0.6 is 0 Å². The fourth-order valence-corrected chi connectivity index (χ4v) is 2.08. The summed E-state index contributed by atoms with van der Waals surface area (Å²) in [5.74, 6) is 1.55. The molecule has 3 heteroatoms. The highest BCUT2D eigenvalue weighted by atomic mass is 16.5. The topological polar surface area (TPSA) is 34.2 Å². The van der Waals surface area contributed by atoms with E-state index in [1.165, 1.54) is 11.1 Å². The molecule has 0 bridgehead atoms. The van der Waals surface area contributed by atoms with Crippen LogP contribution in [-0.2, 0) is 6.54 Å². The van der Waals surface area contributed by atoms with Gasteiger partial charge in [0.05, 0.1) is 0 Å². The Balaban J connectivity index is 2.16. The van der Waals surface area contributed by atoms with Gasteiger partial charge in [-0.2, -0.15) is 0 Å². The number of benzene rings is 1. The van der Waals surface area contributed by atoms with E-state index in [0.29, 0.717) is 11.9 Å². The predicted octanol–water partition coefficient (Wildman–Crippen LogP) is 4.30. The third kappa shape index (κ3) is 4.05. The van der Waals surface area contributed by atoms with Gasteiger partial charge in [0, 0.05) is 24.3 Å². The van der Waals surface area contributed by atoms with Crippen LogP contribution in [0.5, 0.6) is 11.6 Å². The van der Waals surface area contributed by atoms with Crippen molar-refractivity contribution in [3.05, 3.63) is 52.7 Å². The molecule has 21 heavy (non-hydrogen) atoms. The highest BCUT2D eigenvalue weighted by molar-refractivity contribution is 5.41. The highest BCUT2D eigenvalue weighted by Crippen LogP contribution is 2.27. The van der Waals surface area contributed by atoms with Crippen LogP contribution < -0.4 is 10.1 Å². The zero-order valence-corrected chi connectivity index (χ0v) is 13.5. The lowest BCUT2D eigenvalue weighted by molar-refractivity contribution is 0.454. The maximum absolute atomic E-state index is 5.97. The van der Waals surface area contributed by atoms with Crippen molar-refractivity contribution in [2.75, 3.05) is 0 Å². The number of aromatic nitrogens is 1. The summed E-state index contributed by atoms with van der Waals surface area (Å²) in [6, 6.07) is 8.67. The molecule has 2 rings (SSSR count). The number of aryl methyl sites for hydroxylation is 2. The van der Waals surface area contributed by atoms with Crippen molar-refractivity contribution in [1.29, 1.82) is 0 Å². The van der Waals surface area contributed by atoms with Crippen LogP contribution in [0.2, 0.25) is 0 Å². The molecule has 1 heterocycles. The Morgan fingerprint density at radius 3 is 2.57 bits per heavy atom. The SMILES string of the molecule is Cc1cc(CNC(C)C)cnc1Oc1cccc(C)c1C. The fraction of sp³-hybridized carbons (Fsp3) is 0.389. The molecule has 0 saturated carbocycles. The molecular formula is C18H24N2O. The second-order valence-corrected chi connectivity index (χ2v) is 5.80. The Labute approximate surface area is 127 Å². The van der Waals surface area contributed by atoms with E-state index in [9.17, 15) is 0 Å². The summed E-state index contributed by atoms with van der Waals surface area (Å²) in [7, 11) is 0. The summed E-state index contributed by atoms with van der Waals surface area (Å²) in [6.07, 6.45) is 1.88. The van der Waals surface area contributed by atoms with Crippen LogP contribution in [0.25, 0.3) is 0 Å². The van der Waals surface area contributed by atoms with Crippen molar-refractivity contribution < 1.29 is 4.74 Å². The lowest BCUT2D eigenvalue weighted by Gasteiger charge is -2.13. The van der Waals surface area contributed by atoms with E-state index in [1.807, 2.05) is 25.3 Å². The number of pyridine rings is 1. The molecule has 2 aromatic rings. The summed E-state index contributed by atoms with van der Waals surface area (Å²) >= 11 is 0. The van der Waals surface area contributed by atoms with Crippen LogP contribution in [0.4, 0.5) is 0 Å². The molecule has 0 aliphatic carbocycles. The quantitative estimate of drug-likeness (QED) is 0.889. The van der Waals surface area contributed by atoms with E-state index >= 15 is 0 Å². The second kappa shape index (κ2) is 6.72. The Morgan fingerprint density at radius 1 is 1.14 bits per heavy atom. The van der Waals surface area contributed by atoms with E-state index in [-0.39, 0.29) is 0 Å². The van der Waals surface area contributed by atoms with Gasteiger partial charge >= 0.3 is 0 Å². The van der Waals surface area contributed by atoms with Gasteiger partial charge in [-0.3, -0.25) is 0 Å². The van der Waals surface area contributed by atoms with Gasteiger partial charge in [0.1, 0.15) is 5.75 Å². The van der Waals surface area contributed by atoms with E-state index in [1.54, 1.807) is 0 Å². The van der Waals surface area contributed by atoms with E-state index in [2.05, 4.69) is 50.1 Å². The van der Waals surface area contributed by atoms with Crippen LogP contribution in [0.3, 0.4) is 0 Å². The maximum atomic E-state index is 5.97. The van der Waals surface area contributed by atoms with Gasteiger partial charge in [-0.25, -0.2) is 4.98 Å². The lowest BCUT2D eigenvalue weighted by atomic mass is 10.1. The van der Waals surface area contributed by atoms with Gasteiger partial charge in [-0.05, 0) is 49.6 Å². The van der Waals surface area contributed by atoms with E-state index in [4.69, 9.17) is 4.74 Å². The maximum Gasteiger partial charge on any atom is 0.222 e. The molecule has 0 amide bonds. The minimum Gasteiger partial charge on any atom is -0.438 e. The molecule has 1 aromatic heterocycles. The van der Waals surface area contributed by atoms with Crippen molar-refractivity contribution in [2.24, 2.45) is 0 Å². The number of hydrogen-bond acceptors (Lipinski definition) is 3. The first kappa shape index (κ1) is 15.5. The number of nitrogens with zero attached hydrogens (tertiary/aromatic N) is 1. The third-order valence-corrected chi connectivity index (χ3v) is 3.56. The van der Waals surface area contributed by atoms with Gasteiger partial charge < -0.3 is 10.1 Å². The van der Waals surface area contributed by atoms with Gasteiger partial charge in [-0.15, -0.1) is 0 Å². The molecule has 0 aliphatic heterocycles. The van der Waals surface area contributed by atoms with Gasteiger partial charge in [0.15, 0.2) is 0 Å². The zero-order valence-electron chi connectivity index (χ0n) is 13.5. The Morgan fingerprint density at radius 2 is 1.90 bits per heavy atom. The van der Waals surface area contributed by atoms with E-state index in [0.717, 1.165) is 23.4 Å². The number of nitrogens with one attached hydrogen (secondary N) is 1. The zero-order chi connectivity index (χ0) is 15.4. The van der Waals surface area contributed by atoms with Crippen molar-refractivity contribution in [3.63, 3.8) is 0 Å². The van der Waals surface area contributed by atoms with Crippen molar-refractivity contribution in [2.45, 2.75) is 47.2 Å². The second-order valence-electron chi connectivity index (χ2n) is 5.80. The summed E-state index contributed by atoms with van der Waals surface area (Å²) in [4.78, 5) is 4.46. The molecule has 0 radical (unpaired) electrons. The number of rotatable bonds is 5. The summed E-state index contributed by atoms with van der Waals surface area (Å²) < 4.78 is 5.97. The molecule has 1 aromatic carbocycles. The molecule has 0 saturated heterocycles. The molecule has 0 fully saturated rings. The largest absolute Gasteiger partial charge is 0.438 e. The smallest absolute Gasteiger partial charge is 0.222 e. The molecule has 3 nitrogen and oxygen atoms in total. The monoisotopic (exact) mass is 284 g/mol. The van der Waals surface area contributed by atoms with Gasteiger partial charge in [-0.1, -0.05) is 26.0 Å². The molecule has 0 unspecified atom stereocenters. The van der Waals surface area contributed by atoms with Crippen LogP contribution in [0, 0.1) is 20.8 Å². The summed E-state index contributed by atoms with van der Waals surface area (Å²) in [5, 5.41) is 3.39. The van der Waals surface area contributed by atoms with Crippen molar-refractivity contribution >= 4 is 0 Å². The molecule has 0 aliphatic rings. The predicted molar refractivity (Wildman–Crippen MR) is 86.9 cm³/mol. The van der Waals surface area contributed by atoms with Gasteiger partial charge in [0.2, 0.25) is 5.88 Å².